The Labute approximate surface area is 690 Å². The highest BCUT2D eigenvalue weighted by molar-refractivity contribution is 7.91. The van der Waals surface area contributed by atoms with Crippen molar-refractivity contribution < 1.29 is 54.1 Å². The predicted octanol–water partition coefficient (Wildman–Crippen LogP) is 13.2. The first-order valence-electron chi connectivity index (χ1n) is 37.6. The summed E-state index contributed by atoms with van der Waals surface area (Å²) in [6, 6.07) is 52.1. The Kier molecular flexibility index (Phi) is 27.9. The number of rotatable bonds is 28. The van der Waals surface area contributed by atoms with Crippen LogP contribution in [0.1, 0.15) is 128 Å². The molecule has 6 atom stereocenters. The first-order chi connectivity index (χ1) is 54.4. The second-order valence-corrected chi connectivity index (χ2v) is 37.7. The monoisotopic (exact) mass is 1700 g/mol. The van der Waals surface area contributed by atoms with Gasteiger partial charge in [0.05, 0.1) is 93.0 Å². The molecule has 0 amide bonds. The molecule has 12 rings (SSSR count). The van der Waals surface area contributed by atoms with E-state index >= 15 is 0 Å². The number of aliphatic hydroxyl groups excluding tert-OH is 2. The summed E-state index contributed by atoms with van der Waals surface area (Å²) in [5, 5.41) is 66.4. The molecule has 34 heteroatoms. The van der Waals surface area contributed by atoms with Crippen molar-refractivity contribution in [2.24, 2.45) is 0 Å². The second-order valence-electron chi connectivity index (χ2n) is 29.8. The van der Waals surface area contributed by atoms with Crippen LogP contribution in [-0.2, 0) is 63.0 Å². The zero-order chi connectivity index (χ0) is 85.7. The first-order valence-corrected chi connectivity index (χ1v) is 44.2. The minimum atomic E-state index is -3.67. The highest BCUT2D eigenvalue weighted by Crippen LogP contribution is 2.46. The van der Waals surface area contributed by atoms with Gasteiger partial charge in [-0.15, -0.1) is 0 Å². The van der Waals surface area contributed by atoms with Gasteiger partial charge in [0.25, 0.3) is 20.4 Å². The zero-order valence-electron chi connectivity index (χ0n) is 68.4. The van der Waals surface area contributed by atoms with Crippen LogP contribution in [0.3, 0.4) is 0 Å². The maximum atomic E-state index is 12.4. The van der Waals surface area contributed by atoms with Crippen LogP contribution in [0.2, 0.25) is 10.0 Å². The Hall–Kier alpha value is -9.10. The fourth-order valence-electron chi connectivity index (χ4n) is 15.2. The molecule has 0 fully saturated rings. The quantitative estimate of drug-likeness (QED) is 0.0218. The van der Waals surface area contributed by atoms with Crippen molar-refractivity contribution >= 4 is 130 Å². The lowest BCUT2D eigenvalue weighted by Crippen LogP contribution is -2.53. The van der Waals surface area contributed by atoms with Crippen LogP contribution < -0.4 is 28.3 Å². The van der Waals surface area contributed by atoms with E-state index in [1.54, 1.807) is 148 Å². The van der Waals surface area contributed by atoms with Crippen LogP contribution in [0, 0.1) is 13.8 Å². The van der Waals surface area contributed by atoms with Gasteiger partial charge < -0.3 is 20.4 Å². The van der Waals surface area contributed by atoms with Gasteiger partial charge in [-0.25, -0.2) is 9.44 Å². The van der Waals surface area contributed by atoms with E-state index in [2.05, 4.69) is 48.7 Å². The van der Waals surface area contributed by atoms with Gasteiger partial charge in [0, 0.05) is 73.9 Å². The summed E-state index contributed by atoms with van der Waals surface area (Å²) in [6.45, 7) is 22.6. The summed E-state index contributed by atoms with van der Waals surface area (Å²) in [4.78, 5) is 0. The van der Waals surface area contributed by atoms with Crippen molar-refractivity contribution in [3.8, 4) is 0 Å². The highest BCUT2D eigenvalue weighted by atomic mass is 35.5. The molecule has 4 heterocycles. The van der Waals surface area contributed by atoms with Gasteiger partial charge >= 0.3 is 20.4 Å². The second kappa shape index (κ2) is 35.6. The number of aliphatic hydroxyl groups is 4. The largest absolute Gasteiger partial charge is 0.391 e. The van der Waals surface area contributed by atoms with Crippen LogP contribution in [0.5, 0.6) is 0 Å². The van der Waals surface area contributed by atoms with Gasteiger partial charge in [0.15, 0.2) is 0 Å². The number of nitrogens with one attached hydrogen (secondary N) is 6. The molecule has 28 nitrogen and oxygen atoms in total. The van der Waals surface area contributed by atoms with Crippen molar-refractivity contribution in [1.29, 1.82) is 0 Å². The number of hydrogen-bond acceptors (Lipinski definition) is 16. The third-order valence-corrected chi connectivity index (χ3v) is 27.1. The highest BCUT2D eigenvalue weighted by Gasteiger charge is 2.50. The van der Waals surface area contributed by atoms with E-state index in [-0.39, 0.29) is 0 Å². The molecule has 8 aromatic carbocycles. The van der Waals surface area contributed by atoms with E-state index in [1.807, 2.05) is 148 Å². The summed E-state index contributed by atoms with van der Waals surface area (Å²) in [7, 11) is -6.12. The number of halogens is 2. The fraction of sp³-hybridized carbons (Fsp3) is 0.366. The number of hydrogen-bond donors (Lipinski definition) is 10. The number of benzene rings is 8. The van der Waals surface area contributed by atoms with Crippen LogP contribution >= 0.6 is 23.2 Å². The fourth-order valence-corrected chi connectivity index (χ4v) is 17.9. The topological polar surface area (TPSA) is 367 Å². The van der Waals surface area contributed by atoms with Crippen LogP contribution in [-0.4, -0.2) is 168 Å². The third-order valence-electron chi connectivity index (χ3n) is 21.7. The molecule has 6 unspecified atom stereocenters. The molecular weight excluding hydrogens is 1600 g/mol. The van der Waals surface area contributed by atoms with Gasteiger partial charge in [-0.2, -0.15) is 62.7 Å². The van der Waals surface area contributed by atoms with E-state index in [9.17, 15) is 54.1 Å². The molecule has 0 saturated carbocycles. The molecule has 10 N–H and O–H groups in total. The average molecular weight is 1710 g/mol. The van der Waals surface area contributed by atoms with Crippen molar-refractivity contribution in [2.75, 3.05) is 61.2 Å². The van der Waals surface area contributed by atoms with Crippen LogP contribution in [0.15, 0.2) is 195 Å². The zero-order valence-corrected chi connectivity index (χ0v) is 73.2. The van der Waals surface area contributed by atoms with E-state index in [0.29, 0.717) is 91.1 Å². The van der Waals surface area contributed by atoms with E-state index < -0.39 is 86.4 Å². The molecule has 624 valence electrons. The summed E-state index contributed by atoms with van der Waals surface area (Å²) in [5.41, 5.74) is 4.77. The average Bonchev–Trinajstić information content (AvgIpc) is 1.42. The number of anilines is 4. The molecule has 0 aliphatic carbocycles. The Bertz CT molecular complexity index is 5900. The van der Waals surface area contributed by atoms with Crippen molar-refractivity contribution in [1.82, 2.24) is 57.2 Å². The lowest BCUT2D eigenvalue weighted by Gasteiger charge is -2.44. The molecule has 0 aliphatic rings. The summed E-state index contributed by atoms with van der Waals surface area (Å²) >= 11 is 12.1. The van der Waals surface area contributed by atoms with E-state index in [0.717, 1.165) is 53.0 Å². The number of fused-ring (bicyclic) bond motifs is 4. The molecule has 0 saturated heterocycles. The SMILES string of the molecule is CCC(c1ccc(C)cc1)(n1ncc2c(NS(=O)(=O)N(C)C)cccc21)C(C)(C)O.CCC(c1ccc(C)cc1)(n1ncc2c(NS(=O)(=O)NC)cccc21)C(C)(C)O.CCC(c1ccc(Cl)cc1)(C(C)O)n1ncc2c(NS(=O)(=O)N(C)C)cccc21.CCC(c1ccc(Cl)cc1)(C(C)O)n1ncc2c(NS(=O)(=O)NC)cccc21. The van der Waals surface area contributed by atoms with E-state index in [1.165, 1.54) is 42.3 Å². The van der Waals surface area contributed by atoms with Crippen molar-refractivity contribution in [3.63, 3.8) is 0 Å². The first kappa shape index (κ1) is 90.8. The van der Waals surface area contributed by atoms with Gasteiger partial charge in [-0.1, -0.05) is 159 Å². The Morgan fingerprint density at radius 3 is 0.871 bits per heavy atom. The maximum Gasteiger partial charge on any atom is 0.301 e. The standard InChI is InChI=1S/C22H30N4O3S.C21H28N4O3S.C20H25ClN4O3S.C19H23ClN4O3S/c1-7-22(21(3,4)27,17-13-11-16(2)12-14-17)26-20-10-8-9-19(18(20)15-23-26)24-30(28,29)25(5)6;1-6-21(20(3,4)26,16-12-10-15(2)11-13-16)25-19-9-7-8-18(17(19)14-23-25)24-29(27,28)22-5;1-5-20(14(2)26,15-9-11-16(21)12-10-15)25-19-8-6-7-18(17(19)13-22-25)23-29(27,28)24(3)4;1-4-19(13(2)25,14-8-10-15(20)11-9-14)24-18-7-5-6-17(16(18)12-22-24)23-28(26,27)21-3/h8-15,24,27H,7H2,1-6H3;7-14,22,24,26H,6H2,1-5H3;6-14,23,26H,5H2,1-4H3;5-13,21,23,25H,4H2,1-3H3. The van der Waals surface area contributed by atoms with Crippen molar-refractivity contribution in [3.05, 3.63) is 238 Å². The molecule has 0 bridgehead atoms. The summed E-state index contributed by atoms with van der Waals surface area (Å²) in [6.07, 6.45) is 7.27. The number of aromatic nitrogens is 8. The van der Waals surface area contributed by atoms with Crippen molar-refractivity contribution in [2.45, 2.75) is 154 Å². The number of nitrogens with zero attached hydrogens (tertiary/aromatic N) is 10. The molecule has 0 radical (unpaired) electrons. The Balaban J connectivity index is 0.000000177. The normalized spacial score (nSPS) is 15.1. The van der Waals surface area contributed by atoms with Crippen LogP contribution in [0.25, 0.3) is 43.6 Å². The number of aryl methyl sites for hydroxylation is 2. The molecular formula is C82H106Cl2N16O12S4. The van der Waals surface area contributed by atoms with Crippen LogP contribution in [0.4, 0.5) is 22.7 Å². The maximum absolute atomic E-state index is 12.4. The Morgan fingerprint density at radius 1 is 0.388 bits per heavy atom. The predicted molar refractivity (Wildman–Crippen MR) is 465 cm³/mol. The Morgan fingerprint density at radius 2 is 0.638 bits per heavy atom. The molecule has 4 aromatic heterocycles. The lowest BCUT2D eigenvalue weighted by molar-refractivity contribution is -0.0300. The third kappa shape index (κ3) is 18.0. The van der Waals surface area contributed by atoms with Gasteiger partial charge in [0.1, 0.15) is 22.2 Å². The molecule has 12 aromatic rings. The molecule has 0 spiro atoms. The minimum Gasteiger partial charge on any atom is -0.391 e. The summed E-state index contributed by atoms with van der Waals surface area (Å²) in [5.74, 6) is 0. The molecule has 0 aliphatic heterocycles. The minimum absolute atomic E-state index is 0.407. The van der Waals surface area contributed by atoms with E-state index in [4.69, 9.17) is 23.2 Å². The molecule has 116 heavy (non-hydrogen) atoms. The van der Waals surface area contributed by atoms with Gasteiger partial charge in [0.2, 0.25) is 0 Å². The smallest absolute Gasteiger partial charge is 0.301 e. The van der Waals surface area contributed by atoms with Gasteiger partial charge in [-0.3, -0.25) is 37.6 Å². The lowest BCUT2D eigenvalue weighted by atomic mass is 9.74. The van der Waals surface area contributed by atoms with Gasteiger partial charge in [-0.05, 0) is 176 Å². The summed E-state index contributed by atoms with van der Waals surface area (Å²) < 4.78 is 121.